The number of anilines is 1. The molecule has 0 aliphatic heterocycles. The number of hydrogen-bond donors (Lipinski definition) is 1. The van der Waals surface area contributed by atoms with E-state index in [0.717, 1.165) is 11.3 Å². The summed E-state index contributed by atoms with van der Waals surface area (Å²) in [4.78, 5) is 11.9. The van der Waals surface area contributed by atoms with Crippen LogP contribution in [0.1, 0.15) is 76.6 Å². The van der Waals surface area contributed by atoms with E-state index in [4.69, 9.17) is 5.73 Å². The Balaban J connectivity index is 3.33. The SMILES string of the molecule is CCC[CH2][Ge]([CH2]CCC)([CH2]CCC)[c]1cc(C(C)=O)ccc1N. The zero-order chi connectivity index (χ0) is 17.3. The van der Waals surface area contributed by atoms with E-state index >= 15 is 0 Å². The maximum atomic E-state index is 11.9. The summed E-state index contributed by atoms with van der Waals surface area (Å²) in [6.07, 6.45) is 7.65. The van der Waals surface area contributed by atoms with Crippen LogP contribution >= 0.6 is 0 Å². The normalized spacial score (nSPS) is 11.7. The van der Waals surface area contributed by atoms with E-state index in [-0.39, 0.29) is 5.78 Å². The fraction of sp³-hybridized carbons (Fsp3) is 0.650. The van der Waals surface area contributed by atoms with E-state index in [1.54, 1.807) is 6.92 Å². The Labute approximate surface area is 145 Å². The molecule has 1 rings (SSSR count). The van der Waals surface area contributed by atoms with Crippen molar-refractivity contribution in [1.82, 2.24) is 0 Å². The molecule has 3 heteroatoms. The molecule has 0 amide bonds. The van der Waals surface area contributed by atoms with Gasteiger partial charge in [0.25, 0.3) is 0 Å². The zero-order valence-electron chi connectivity index (χ0n) is 15.6. The summed E-state index contributed by atoms with van der Waals surface area (Å²) < 4.78 is 1.41. The molecule has 1 aromatic carbocycles. The molecule has 1 aromatic rings. The molecule has 2 N–H and O–H groups in total. The monoisotopic (exact) mass is 379 g/mol. The molecule has 0 spiro atoms. The van der Waals surface area contributed by atoms with Crippen LogP contribution in [-0.2, 0) is 0 Å². The molecule has 0 aliphatic rings. The number of ketones is 1. The average Bonchev–Trinajstić information content (AvgIpc) is 2.55. The second-order valence-corrected chi connectivity index (χ2v) is 16.6. The quantitative estimate of drug-likeness (QED) is 0.313. The van der Waals surface area contributed by atoms with Crippen LogP contribution in [0.25, 0.3) is 0 Å². The molecule has 0 atom stereocenters. The van der Waals surface area contributed by atoms with Gasteiger partial charge in [0, 0.05) is 0 Å². The molecule has 0 unspecified atom stereocenters. The Kier molecular flexibility index (Phi) is 8.97. The van der Waals surface area contributed by atoms with Crippen LogP contribution in [0.4, 0.5) is 5.69 Å². The number of nitrogens with two attached hydrogens (primary N) is 1. The molecule has 23 heavy (non-hydrogen) atoms. The van der Waals surface area contributed by atoms with Gasteiger partial charge in [-0.15, -0.1) is 0 Å². The molecule has 0 aliphatic carbocycles. The van der Waals surface area contributed by atoms with Gasteiger partial charge in [-0.3, -0.25) is 0 Å². The van der Waals surface area contributed by atoms with Crippen molar-refractivity contribution in [2.45, 2.75) is 82.0 Å². The first kappa shape index (κ1) is 20.3. The average molecular weight is 378 g/mol. The Morgan fingerprint density at radius 1 is 0.957 bits per heavy atom. The predicted octanol–water partition coefficient (Wildman–Crippen LogP) is 5.53. The molecule has 0 bridgehead atoms. The summed E-state index contributed by atoms with van der Waals surface area (Å²) in [5.41, 5.74) is 8.21. The van der Waals surface area contributed by atoms with Crippen LogP contribution in [0.3, 0.4) is 0 Å². The van der Waals surface area contributed by atoms with Crippen molar-refractivity contribution < 1.29 is 4.79 Å². The third kappa shape index (κ3) is 5.67. The van der Waals surface area contributed by atoms with Gasteiger partial charge in [0.15, 0.2) is 0 Å². The van der Waals surface area contributed by atoms with Gasteiger partial charge in [0.05, 0.1) is 0 Å². The molecule has 0 saturated carbocycles. The molecule has 0 fully saturated rings. The van der Waals surface area contributed by atoms with Crippen molar-refractivity contribution in [1.29, 1.82) is 0 Å². The molecular weight excluding hydrogens is 343 g/mol. The summed E-state index contributed by atoms with van der Waals surface area (Å²) in [6.45, 7) is 8.50. The Morgan fingerprint density at radius 3 is 1.83 bits per heavy atom. The van der Waals surface area contributed by atoms with E-state index in [1.807, 2.05) is 12.1 Å². The van der Waals surface area contributed by atoms with Crippen molar-refractivity contribution in [2.75, 3.05) is 5.73 Å². The van der Waals surface area contributed by atoms with Crippen molar-refractivity contribution in [3.8, 4) is 0 Å². The van der Waals surface area contributed by atoms with Crippen LogP contribution < -0.4 is 10.1 Å². The first-order valence-electron chi connectivity index (χ1n) is 9.41. The number of carbonyl (C=O) groups is 1. The van der Waals surface area contributed by atoms with Crippen LogP contribution in [-0.4, -0.2) is 19.0 Å². The third-order valence-corrected chi connectivity index (χ3v) is 16.6. The summed E-state index contributed by atoms with van der Waals surface area (Å²) in [5.74, 6) is 0.157. The molecule has 0 radical (unpaired) electrons. The first-order chi connectivity index (χ1) is 11.0. The van der Waals surface area contributed by atoms with Crippen molar-refractivity contribution >= 4 is 29.1 Å². The molecule has 2 nitrogen and oxygen atoms in total. The third-order valence-electron chi connectivity index (χ3n) is 5.06. The fourth-order valence-electron chi connectivity index (χ4n) is 3.56. The molecule has 130 valence electrons. The van der Waals surface area contributed by atoms with Crippen molar-refractivity contribution in [3.63, 3.8) is 0 Å². The number of rotatable bonds is 11. The molecule has 0 saturated heterocycles. The zero-order valence-corrected chi connectivity index (χ0v) is 17.7. The molecule has 0 aromatic heterocycles. The number of nitrogen functional groups attached to an aromatic ring is 1. The van der Waals surface area contributed by atoms with E-state index in [9.17, 15) is 4.79 Å². The number of Topliss-reactive ketones (excluding diaryl/α,β-unsaturated/α-hetero) is 1. The van der Waals surface area contributed by atoms with Gasteiger partial charge >= 0.3 is 145 Å². The van der Waals surface area contributed by atoms with Crippen LogP contribution in [0, 0.1) is 0 Å². The maximum absolute atomic E-state index is 11.9. The number of unbranched alkanes of at least 4 members (excludes halogenated alkanes) is 3. The van der Waals surface area contributed by atoms with Gasteiger partial charge in [-0.1, -0.05) is 0 Å². The number of benzene rings is 1. The predicted molar refractivity (Wildman–Crippen MR) is 105 cm³/mol. The number of hydrogen-bond acceptors (Lipinski definition) is 2. The van der Waals surface area contributed by atoms with E-state index < -0.39 is 13.3 Å². The van der Waals surface area contributed by atoms with E-state index in [1.165, 1.54) is 58.7 Å². The standard InChI is InChI=1S/C20H35GeNO/c1-5-8-13-21(14-9-6-2,15-10-7-3)19-16-18(17(4)23)11-12-20(19)22/h11-12,16H,5-10,13-15,22H2,1-4H3. The minimum atomic E-state index is -2.25. The Morgan fingerprint density at radius 2 is 1.43 bits per heavy atom. The first-order valence-corrected chi connectivity index (χ1v) is 14.9. The van der Waals surface area contributed by atoms with Gasteiger partial charge in [0.1, 0.15) is 0 Å². The van der Waals surface area contributed by atoms with Crippen LogP contribution in [0.5, 0.6) is 0 Å². The van der Waals surface area contributed by atoms with Crippen molar-refractivity contribution in [2.24, 2.45) is 0 Å². The Hall–Kier alpha value is -0.767. The topological polar surface area (TPSA) is 43.1 Å². The fourth-order valence-corrected chi connectivity index (χ4v) is 15.7. The second-order valence-electron chi connectivity index (χ2n) is 6.95. The molecule has 0 heterocycles. The summed E-state index contributed by atoms with van der Waals surface area (Å²) in [6, 6.07) is 6.04. The Bertz CT molecular complexity index is 477. The minimum absolute atomic E-state index is 0.157. The van der Waals surface area contributed by atoms with Gasteiger partial charge in [-0.05, 0) is 0 Å². The summed E-state index contributed by atoms with van der Waals surface area (Å²) in [5, 5.41) is 4.09. The van der Waals surface area contributed by atoms with Gasteiger partial charge in [0.2, 0.25) is 0 Å². The molecular formula is C20H35GeNO. The van der Waals surface area contributed by atoms with Crippen LogP contribution in [0.15, 0.2) is 18.2 Å². The van der Waals surface area contributed by atoms with E-state index in [2.05, 4.69) is 26.8 Å². The number of carbonyl (C=O) groups excluding carboxylic acids is 1. The summed E-state index contributed by atoms with van der Waals surface area (Å²) >= 11 is -2.25. The van der Waals surface area contributed by atoms with Gasteiger partial charge < -0.3 is 0 Å². The van der Waals surface area contributed by atoms with Crippen LogP contribution in [0.2, 0.25) is 15.8 Å². The second kappa shape index (κ2) is 10.2. The van der Waals surface area contributed by atoms with Gasteiger partial charge in [-0.25, -0.2) is 0 Å². The summed E-state index contributed by atoms with van der Waals surface area (Å²) in [7, 11) is 0. The van der Waals surface area contributed by atoms with E-state index in [0.29, 0.717) is 0 Å². The van der Waals surface area contributed by atoms with Crippen molar-refractivity contribution in [3.05, 3.63) is 23.8 Å². The van der Waals surface area contributed by atoms with Gasteiger partial charge in [-0.2, -0.15) is 0 Å².